The molecule has 4 atom stereocenters. The topological polar surface area (TPSA) is 20.2 Å². The fraction of sp³-hybridized carbons (Fsp3) is 0.684. The molecule has 3 aliphatic carbocycles. The second kappa shape index (κ2) is 5.18. The third-order valence-electron chi connectivity index (χ3n) is 6.17. The number of hydrogen-bond acceptors (Lipinski definition) is 1. The Kier molecular flexibility index (Phi) is 3.34. The van der Waals surface area contributed by atoms with Gasteiger partial charge in [-0.15, -0.1) is 0 Å². The first kappa shape index (κ1) is 12.9. The largest absolute Gasteiger partial charge is 0.388 e. The maximum absolute atomic E-state index is 10.6. The molecule has 0 aromatic heterocycles. The van der Waals surface area contributed by atoms with Crippen LogP contribution in [0.15, 0.2) is 18.2 Å². The van der Waals surface area contributed by atoms with Crippen molar-refractivity contribution >= 4 is 0 Å². The Balaban J connectivity index is 1.46. The van der Waals surface area contributed by atoms with E-state index in [0.29, 0.717) is 0 Å². The first-order valence-electron chi connectivity index (χ1n) is 8.59. The quantitative estimate of drug-likeness (QED) is 0.861. The van der Waals surface area contributed by atoms with Crippen LogP contribution in [-0.4, -0.2) is 5.11 Å². The maximum Gasteiger partial charge on any atom is 0.0792 e. The van der Waals surface area contributed by atoms with Gasteiger partial charge in [0.25, 0.3) is 0 Å². The monoisotopic (exact) mass is 270 g/mol. The van der Waals surface area contributed by atoms with Crippen LogP contribution in [-0.2, 0) is 12.8 Å². The van der Waals surface area contributed by atoms with Gasteiger partial charge in [-0.3, -0.25) is 0 Å². The molecule has 2 bridgehead atoms. The molecule has 1 aromatic carbocycles. The molecule has 0 heterocycles. The minimum absolute atomic E-state index is 0.230. The summed E-state index contributed by atoms with van der Waals surface area (Å²) in [6.07, 6.45) is 11.6. The minimum Gasteiger partial charge on any atom is -0.388 e. The highest BCUT2D eigenvalue weighted by atomic mass is 16.3. The van der Waals surface area contributed by atoms with E-state index in [0.717, 1.165) is 24.2 Å². The van der Waals surface area contributed by atoms with E-state index >= 15 is 0 Å². The van der Waals surface area contributed by atoms with Gasteiger partial charge in [-0.05, 0) is 85.8 Å². The first-order valence-corrected chi connectivity index (χ1v) is 8.59. The third kappa shape index (κ3) is 2.30. The lowest BCUT2D eigenvalue weighted by molar-refractivity contribution is 0.125. The van der Waals surface area contributed by atoms with Gasteiger partial charge in [-0.25, -0.2) is 0 Å². The van der Waals surface area contributed by atoms with Crippen LogP contribution in [0.5, 0.6) is 0 Å². The zero-order valence-electron chi connectivity index (χ0n) is 12.4. The van der Waals surface area contributed by atoms with Crippen molar-refractivity contribution < 1.29 is 5.11 Å². The maximum atomic E-state index is 10.6. The number of aryl methyl sites for hydroxylation is 2. The van der Waals surface area contributed by atoms with Crippen LogP contribution in [0.2, 0.25) is 0 Å². The average Bonchev–Trinajstić information content (AvgIpc) is 3.09. The zero-order chi connectivity index (χ0) is 13.5. The Morgan fingerprint density at radius 1 is 1.05 bits per heavy atom. The molecule has 20 heavy (non-hydrogen) atoms. The van der Waals surface area contributed by atoms with Gasteiger partial charge in [0.15, 0.2) is 0 Å². The standard InChI is InChI=1S/C19H26O/c20-19(12-18-10-13-5-6-16(18)9-13)17-8-7-14-3-1-2-4-15(14)11-17/h7-8,11,13,16,18-20H,1-6,9-10,12H2. The second-order valence-corrected chi connectivity index (χ2v) is 7.42. The Labute approximate surface area is 122 Å². The summed E-state index contributed by atoms with van der Waals surface area (Å²) in [5.41, 5.74) is 4.20. The first-order chi connectivity index (χ1) is 9.79. The molecule has 1 N–H and O–H groups in total. The number of aliphatic hydroxyl groups is 1. The molecule has 108 valence electrons. The van der Waals surface area contributed by atoms with Crippen LogP contribution in [0, 0.1) is 17.8 Å². The van der Waals surface area contributed by atoms with Gasteiger partial charge >= 0.3 is 0 Å². The number of fused-ring (bicyclic) bond motifs is 3. The number of benzene rings is 1. The molecule has 0 spiro atoms. The van der Waals surface area contributed by atoms with Crippen LogP contribution in [0.4, 0.5) is 0 Å². The third-order valence-corrected chi connectivity index (χ3v) is 6.17. The second-order valence-electron chi connectivity index (χ2n) is 7.42. The fourth-order valence-electron chi connectivity index (χ4n) is 5.05. The van der Waals surface area contributed by atoms with Crippen molar-refractivity contribution in [2.24, 2.45) is 17.8 Å². The molecule has 1 aromatic rings. The fourth-order valence-corrected chi connectivity index (χ4v) is 5.05. The molecule has 0 saturated heterocycles. The van der Waals surface area contributed by atoms with Crippen LogP contribution in [0.3, 0.4) is 0 Å². The molecular formula is C19H26O. The zero-order valence-corrected chi connectivity index (χ0v) is 12.4. The van der Waals surface area contributed by atoms with Crippen LogP contribution < -0.4 is 0 Å². The van der Waals surface area contributed by atoms with Gasteiger partial charge in [0.2, 0.25) is 0 Å². The van der Waals surface area contributed by atoms with Crippen molar-refractivity contribution in [1.82, 2.24) is 0 Å². The molecule has 1 nitrogen and oxygen atoms in total. The number of aliphatic hydroxyl groups excluding tert-OH is 1. The summed E-state index contributed by atoms with van der Waals surface area (Å²) in [5.74, 6) is 2.70. The lowest BCUT2D eigenvalue weighted by Gasteiger charge is -2.25. The van der Waals surface area contributed by atoms with E-state index in [-0.39, 0.29) is 6.10 Å². The summed E-state index contributed by atoms with van der Waals surface area (Å²) in [4.78, 5) is 0. The predicted octanol–water partition coefficient (Wildman–Crippen LogP) is 4.43. The molecule has 3 aliphatic rings. The number of hydrogen-bond donors (Lipinski definition) is 1. The molecule has 1 heteroatoms. The van der Waals surface area contributed by atoms with Crippen LogP contribution in [0.25, 0.3) is 0 Å². The van der Waals surface area contributed by atoms with Gasteiger partial charge < -0.3 is 5.11 Å². The van der Waals surface area contributed by atoms with E-state index in [1.807, 2.05) is 0 Å². The van der Waals surface area contributed by atoms with Crippen molar-refractivity contribution in [2.75, 3.05) is 0 Å². The smallest absolute Gasteiger partial charge is 0.0792 e. The summed E-state index contributed by atoms with van der Waals surface area (Å²) in [5, 5.41) is 10.6. The van der Waals surface area contributed by atoms with E-state index in [1.165, 1.54) is 68.1 Å². The summed E-state index contributed by atoms with van der Waals surface area (Å²) in [6, 6.07) is 6.75. The van der Waals surface area contributed by atoms with Crippen molar-refractivity contribution in [3.63, 3.8) is 0 Å². The highest BCUT2D eigenvalue weighted by Gasteiger charge is 2.40. The van der Waals surface area contributed by atoms with Gasteiger partial charge in [-0.2, -0.15) is 0 Å². The molecule has 2 fully saturated rings. The molecule has 0 aliphatic heterocycles. The normalized spacial score (nSPS) is 33.1. The van der Waals surface area contributed by atoms with Crippen LogP contribution >= 0.6 is 0 Å². The van der Waals surface area contributed by atoms with E-state index in [4.69, 9.17) is 0 Å². The minimum atomic E-state index is -0.230. The van der Waals surface area contributed by atoms with E-state index in [2.05, 4.69) is 18.2 Å². The van der Waals surface area contributed by atoms with Gasteiger partial charge in [0.05, 0.1) is 6.10 Å². The predicted molar refractivity (Wildman–Crippen MR) is 81.6 cm³/mol. The Bertz CT molecular complexity index is 493. The Hall–Kier alpha value is -0.820. The lowest BCUT2D eigenvalue weighted by atomic mass is 9.82. The summed E-state index contributed by atoms with van der Waals surface area (Å²) < 4.78 is 0. The van der Waals surface area contributed by atoms with Crippen molar-refractivity contribution in [3.8, 4) is 0 Å². The van der Waals surface area contributed by atoms with E-state index in [9.17, 15) is 5.11 Å². The van der Waals surface area contributed by atoms with Gasteiger partial charge in [0.1, 0.15) is 0 Å². The van der Waals surface area contributed by atoms with Crippen molar-refractivity contribution in [3.05, 3.63) is 34.9 Å². The molecule has 2 saturated carbocycles. The van der Waals surface area contributed by atoms with E-state index in [1.54, 1.807) is 0 Å². The van der Waals surface area contributed by atoms with E-state index < -0.39 is 0 Å². The highest BCUT2D eigenvalue weighted by molar-refractivity contribution is 5.34. The highest BCUT2D eigenvalue weighted by Crippen LogP contribution is 2.51. The average molecular weight is 270 g/mol. The SMILES string of the molecule is OC(CC1CC2CCC1C2)c1ccc2c(c1)CCCC2. The molecule has 0 amide bonds. The summed E-state index contributed by atoms with van der Waals surface area (Å²) in [7, 11) is 0. The van der Waals surface area contributed by atoms with Crippen molar-refractivity contribution in [1.29, 1.82) is 0 Å². The molecule has 4 unspecified atom stereocenters. The number of rotatable bonds is 3. The Morgan fingerprint density at radius 3 is 2.65 bits per heavy atom. The summed E-state index contributed by atoms with van der Waals surface area (Å²) >= 11 is 0. The molecule has 0 radical (unpaired) electrons. The summed E-state index contributed by atoms with van der Waals surface area (Å²) in [6.45, 7) is 0. The van der Waals surface area contributed by atoms with Gasteiger partial charge in [0, 0.05) is 0 Å². The van der Waals surface area contributed by atoms with Gasteiger partial charge in [-0.1, -0.05) is 24.6 Å². The Morgan fingerprint density at radius 2 is 1.90 bits per heavy atom. The van der Waals surface area contributed by atoms with Crippen LogP contribution in [0.1, 0.15) is 67.7 Å². The molecule has 4 rings (SSSR count). The van der Waals surface area contributed by atoms with Crippen molar-refractivity contribution in [2.45, 2.75) is 63.9 Å². The molecular weight excluding hydrogens is 244 g/mol. The lowest BCUT2D eigenvalue weighted by Crippen LogP contribution is -2.14.